The van der Waals surface area contributed by atoms with Crippen LogP contribution in [0, 0.1) is 0 Å². The summed E-state index contributed by atoms with van der Waals surface area (Å²) in [4.78, 5) is 4.75. The average Bonchev–Trinajstić information content (AvgIpc) is 3.77. The van der Waals surface area contributed by atoms with Gasteiger partial charge in [-0.3, -0.25) is 0 Å². The molecule has 2 aromatic heterocycles. The Bertz CT molecular complexity index is 2820. The standard InChI is InChI=1S/C48H32N2S2/c1-4-13-33(14-5-1)34-15-12-20-37(29-34)50(40-23-26-42-41-21-10-11-22-45(41)51-47(42)32-40)38-25-28-46-44(30-38)43-27-24-39(31-48(43)52-46)49(35-16-6-2-7-17-35)36-18-8-3-9-19-36/h1-32H. The van der Waals surface area contributed by atoms with Gasteiger partial charge in [0.1, 0.15) is 0 Å². The molecule has 246 valence electrons. The van der Waals surface area contributed by atoms with E-state index in [9.17, 15) is 0 Å². The van der Waals surface area contributed by atoms with E-state index in [0.717, 1.165) is 34.1 Å². The maximum atomic E-state index is 2.42. The molecule has 4 heteroatoms. The maximum absolute atomic E-state index is 2.42. The molecule has 0 bridgehead atoms. The number of nitrogens with zero attached hydrogens (tertiary/aromatic N) is 2. The van der Waals surface area contributed by atoms with Crippen LogP contribution in [0.4, 0.5) is 34.1 Å². The van der Waals surface area contributed by atoms with Crippen molar-refractivity contribution in [1.29, 1.82) is 0 Å². The molecule has 0 radical (unpaired) electrons. The monoisotopic (exact) mass is 700 g/mol. The maximum Gasteiger partial charge on any atom is 0.0476 e. The minimum absolute atomic E-state index is 1.13. The Balaban J connectivity index is 1.12. The lowest BCUT2D eigenvalue weighted by Crippen LogP contribution is -2.10. The van der Waals surface area contributed by atoms with Crippen molar-refractivity contribution < 1.29 is 0 Å². The quantitative estimate of drug-likeness (QED) is 0.163. The Morgan fingerprint density at radius 3 is 1.37 bits per heavy atom. The second kappa shape index (κ2) is 12.8. The molecule has 2 nitrogen and oxygen atoms in total. The van der Waals surface area contributed by atoms with Crippen LogP contribution < -0.4 is 9.80 Å². The van der Waals surface area contributed by atoms with Gasteiger partial charge in [-0.15, -0.1) is 22.7 Å². The predicted octanol–water partition coefficient (Wildman–Crippen LogP) is 15.0. The highest BCUT2D eigenvalue weighted by molar-refractivity contribution is 7.26. The van der Waals surface area contributed by atoms with E-state index < -0.39 is 0 Å². The van der Waals surface area contributed by atoms with E-state index in [2.05, 4.69) is 204 Å². The normalized spacial score (nSPS) is 11.5. The van der Waals surface area contributed by atoms with Crippen LogP contribution in [0.3, 0.4) is 0 Å². The third-order valence-corrected chi connectivity index (χ3v) is 12.1. The molecule has 0 N–H and O–H groups in total. The van der Waals surface area contributed by atoms with Crippen molar-refractivity contribution in [1.82, 2.24) is 0 Å². The fraction of sp³-hybridized carbons (Fsp3) is 0. The van der Waals surface area contributed by atoms with Crippen LogP contribution >= 0.6 is 22.7 Å². The Morgan fingerprint density at radius 1 is 0.250 bits per heavy atom. The third-order valence-electron chi connectivity index (χ3n) is 9.82. The number of benzene rings is 8. The van der Waals surface area contributed by atoms with Crippen LogP contribution in [0.25, 0.3) is 51.5 Å². The van der Waals surface area contributed by atoms with Crippen molar-refractivity contribution in [3.05, 3.63) is 194 Å². The lowest BCUT2D eigenvalue weighted by molar-refractivity contribution is 1.29. The minimum Gasteiger partial charge on any atom is -0.310 e. The lowest BCUT2D eigenvalue weighted by Gasteiger charge is -2.26. The smallest absolute Gasteiger partial charge is 0.0476 e. The molecule has 0 saturated heterocycles. The van der Waals surface area contributed by atoms with Crippen molar-refractivity contribution in [3.63, 3.8) is 0 Å². The zero-order valence-electron chi connectivity index (χ0n) is 28.2. The molecule has 0 amide bonds. The summed E-state index contributed by atoms with van der Waals surface area (Å²) in [7, 11) is 0. The molecule has 0 aliphatic heterocycles. The Kier molecular flexibility index (Phi) is 7.56. The van der Waals surface area contributed by atoms with E-state index in [4.69, 9.17) is 0 Å². The van der Waals surface area contributed by atoms with E-state index in [1.165, 1.54) is 51.5 Å². The molecule has 10 aromatic rings. The summed E-state index contributed by atoms with van der Waals surface area (Å²) in [6.45, 7) is 0. The molecule has 0 fully saturated rings. The van der Waals surface area contributed by atoms with Gasteiger partial charge in [-0.25, -0.2) is 0 Å². The molecule has 10 rings (SSSR count). The molecule has 2 heterocycles. The first-order chi connectivity index (χ1) is 25.8. The summed E-state index contributed by atoms with van der Waals surface area (Å²) < 4.78 is 5.15. The van der Waals surface area contributed by atoms with Crippen molar-refractivity contribution >= 4 is 97.1 Å². The summed E-state index contributed by atoms with van der Waals surface area (Å²) in [6, 6.07) is 70.3. The minimum atomic E-state index is 1.13. The van der Waals surface area contributed by atoms with E-state index in [1.54, 1.807) is 0 Å². The zero-order valence-corrected chi connectivity index (χ0v) is 29.8. The van der Waals surface area contributed by atoms with Gasteiger partial charge in [-0.2, -0.15) is 0 Å². The van der Waals surface area contributed by atoms with Gasteiger partial charge in [0.2, 0.25) is 0 Å². The molecular weight excluding hydrogens is 669 g/mol. The van der Waals surface area contributed by atoms with Crippen molar-refractivity contribution in [2.75, 3.05) is 9.80 Å². The van der Waals surface area contributed by atoms with Crippen LogP contribution in [-0.2, 0) is 0 Å². The van der Waals surface area contributed by atoms with Crippen LogP contribution in [0.5, 0.6) is 0 Å². The third kappa shape index (κ3) is 5.41. The molecule has 0 aliphatic rings. The summed E-state index contributed by atoms with van der Waals surface area (Å²) in [5.74, 6) is 0. The van der Waals surface area contributed by atoms with E-state index >= 15 is 0 Å². The molecule has 8 aromatic carbocycles. The summed E-state index contributed by atoms with van der Waals surface area (Å²) in [5.41, 5.74) is 9.24. The van der Waals surface area contributed by atoms with Gasteiger partial charge >= 0.3 is 0 Å². The summed E-state index contributed by atoms with van der Waals surface area (Å²) >= 11 is 3.72. The number of rotatable bonds is 7. The van der Waals surface area contributed by atoms with Crippen LogP contribution in [0.15, 0.2) is 194 Å². The van der Waals surface area contributed by atoms with E-state index in [1.807, 2.05) is 22.7 Å². The highest BCUT2D eigenvalue weighted by Crippen LogP contribution is 2.45. The van der Waals surface area contributed by atoms with Crippen LogP contribution in [-0.4, -0.2) is 0 Å². The van der Waals surface area contributed by atoms with Gasteiger partial charge in [0.05, 0.1) is 0 Å². The fourth-order valence-corrected chi connectivity index (χ4v) is 9.65. The lowest BCUT2D eigenvalue weighted by atomic mass is 10.0. The first-order valence-corrected chi connectivity index (χ1v) is 19.1. The topological polar surface area (TPSA) is 6.48 Å². The summed E-state index contributed by atoms with van der Waals surface area (Å²) in [6.07, 6.45) is 0. The van der Waals surface area contributed by atoms with Gasteiger partial charge < -0.3 is 9.80 Å². The molecule has 0 aliphatic carbocycles. The predicted molar refractivity (Wildman–Crippen MR) is 227 cm³/mol. The molecule has 0 spiro atoms. The highest BCUT2D eigenvalue weighted by atomic mass is 32.1. The Hall–Kier alpha value is -6.20. The van der Waals surface area contributed by atoms with Gasteiger partial charge in [-0.1, -0.05) is 109 Å². The Morgan fingerprint density at radius 2 is 0.692 bits per heavy atom. The molecule has 52 heavy (non-hydrogen) atoms. The van der Waals surface area contributed by atoms with Gasteiger partial charge in [0, 0.05) is 74.5 Å². The number of anilines is 6. The first-order valence-electron chi connectivity index (χ1n) is 17.5. The van der Waals surface area contributed by atoms with Crippen molar-refractivity contribution in [3.8, 4) is 11.1 Å². The zero-order chi connectivity index (χ0) is 34.4. The van der Waals surface area contributed by atoms with Gasteiger partial charge in [-0.05, 0) is 96.1 Å². The van der Waals surface area contributed by atoms with E-state index in [-0.39, 0.29) is 0 Å². The number of thiophene rings is 2. The highest BCUT2D eigenvalue weighted by Gasteiger charge is 2.19. The van der Waals surface area contributed by atoms with Crippen LogP contribution in [0.1, 0.15) is 0 Å². The van der Waals surface area contributed by atoms with E-state index in [0.29, 0.717) is 0 Å². The summed E-state index contributed by atoms with van der Waals surface area (Å²) in [5, 5.41) is 5.15. The fourth-order valence-electron chi connectivity index (χ4n) is 7.39. The number of hydrogen-bond donors (Lipinski definition) is 0. The van der Waals surface area contributed by atoms with Crippen molar-refractivity contribution in [2.45, 2.75) is 0 Å². The van der Waals surface area contributed by atoms with Crippen molar-refractivity contribution in [2.24, 2.45) is 0 Å². The Labute approximate surface area is 310 Å². The molecular formula is C48H32N2S2. The number of para-hydroxylation sites is 2. The average molecular weight is 701 g/mol. The largest absolute Gasteiger partial charge is 0.310 e. The molecule has 0 unspecified atom stereocenters. The molecule has 0 saturated carbocycles. The van der Waals surface area contributed by atoms with Crippen LogP contribution in [0.2, 0.25) is 0 Å². The molecule has 0 atom stereocenters. The van der Waals surface area contributed by atoms with Gasteiger partial charge in [0.15, 0.2) is 0 Å². The number of fused-ring (bicyclic) bond motifs is 6. The number of hydrogen-bond acceptors (Lipinski definition) is 4. The second-order valence-electron chi connectivity index (χ2n) is 13.0. The first kappa shape index (κ1) is 30.6. The SMILES string of the molecule is c1ccc(-c2cccc(N(c3ccc4c(c3)sc3ccccc34)c3ccc4sc5cc(N(c6ccccc6)c6ccccc6)ccc5c4c3)c2)cc1. The van der Waals surface area contributed by atoms with Gasteiger partial charge in [0.25, 0.3) is 0 Å². The second-order valence-corrected chi connectivity index (χ2v) is 15.2.